The summed E-state index contributed by atoms with van der Waals surface area (Å²) in [4.78, 5) is 2.53. The zero-order chi connectivity index (χ0) is 13.0. The number of benzene rings is 1. The Labute approximate surface area is 110 Å². The molecule has 3 nitrogen and oxygen atoms in total. The Morgan fingerprint density at radius 3 is 2.61 bits per heavy atom. The molecule has 1 aliphatic rings. The summed E-state index contributed by atoms with van der Waals surface area (Å²) in [6.45, 7) is 4.23. The van der Waals surface area contributed by atoms with Crippen LogP contribution in [0.4, 0.5) is 5.69 Å². The molecular weight excluding hydrogens is 224 g/mol. The van der Waals surface area contributed by atoms with Crippen LogP contribution < -0.4 is 5.73 Å². The lowest BCUT2D eigenvalue weighted by Crippen LogP contribution is -2.36. The molecule has 0 radical (unpaired) electrons. The van der Waals surface area contributed by atoms with Crippen LogP contribution in [-0.2, 0) is 6.54 Å². The lowest BCUT2D eigenvalue weighted by molar-refractivity contribution is 0.156. The standard InChI is InChI=1S/C15H24N2O/c1-2-17(13-6-4-3-5-7-13)11-12-8-9-15(18)14(16)10-12/h8-10,13,18H,2-7,11,16H2,1H3. The van der Waals surface area contributed by atoms with E-state index in [0.717, 1.165) is 19.1 Å². The van der Waals surface area contributed by atoms with Gasteiger partial charge in [-0.05, 0) is 37.1 Å². The number of rotatable bonds is 4. The molecule has 2 rings (SSSR count). The van der Waals surface area contributed by atoms with E-state index in [4.69, 9.17) is 5.73 Å². The first-order chi connectivity index (χ1) is 8.70. The van der Waals surface area contributed by atoms with Gasteiger partial charge < -0.3 is 10.8 Å². The normalized spacial score (nSPS) is 17.2. The summed E-state index contributed by atoms with van der Waals surface area (Å²) in [6, 6.07) is 6.27. The van der Waals surface area contributed by atoms with Gasteiger partial charge in [0.2, 0.25) is 0 Å². The Morgan fingerprint density at radius 2 is 2.00 bits per heavy atom. The summed E-state index contributed by atoms with van der Waals surface area (Å²) < 4.78 is 0. The Hall–Kier alpha value is -1.22. The summed E-state index contributed by atoms with van der Waals surface area (Å²) in [5, 5.41) is 9.45. The van der Waals surface area contributed by atoms with Crippen LogP contribution in [0.5, 0.6) is 5.75 Å². The molecule has 0 atom stereocenters. The lowest BCUT2D eigenvalue weighted by Gasteiger charge is -2.33. The minimum absolute atomic E-state index is 0.180. The van der Waals surface area contributed by atoms with Crippen LogP contribution in [0.1, 0.15) is 44.6 Å². The Kier molecular flexibility index (Phi) is 4.48. The monoisotopic (exact) mass is 248 g/mol. The van der Waals surface area contributed by atoms with Crippen molar-refractivity contribution in [1.82, 2.24) is 4.90 Å². The number of nitrogens with two attached hydrogens (primary N) is 1. The summed E-state index contributed by atoms with van der Waals surface area (Å²) in [6.07, 6.45) is 6.75. The van der Waals surface area contributed by atoms with Gasteiger partial charge in [-0.1, -0.05) is 32.3 Å². The van der Waals surface area contributed by atoms with Gasteiger partial charge in [-0.3, -0.25) is 4.90 Å². The highest BCUT2D eigenvalue weighted by atomic mass is 16.3. The van der Waals surface area contributed by atoms with Crippen molar-refractivity contribution in [2.24, 2.45) is 0 Å². The van der Waals surface area contributed by atoms with E-state index >= 15 is 0 Å². The second-order valence-corrected chi connectivity index (χ2v) is 5.25. The first kappa shape index (κ1) is 13.2. The maximum Gasteiger partial charge on any atom is 0.138 e. The van der Waals surface area contributed by atoms with Gasteiger partial charge in [-0.2, -0.15) is 0 Å². The third kappa shape index (κ3) is 3.16. The number of aromatic hydroxyl groups is 1. The topological polar surface area (TPSA) is 49.5 Å². The zero-order valence-corrected chi connectivity index (χ0v) is 11.2. The molecule has 0 amide bonds. The van der Waals surface area contributed by atoms with Crippen molar-refractivity contribution in [2.75, 3.05) is 12.3 Å². The van der Waals surface area contributed by atoms with E-state index in [0.29, 0.717) is 5.69 Å². The predicted octanol–water partition coefficient (Wildman–Crippen LogP) is 3.13. The van der Waals surface area contributed by atoms with Gasteiger partial charge in [0, 0.05) is 12.6 Å². The Balaban J connectivity index is 2.02. The van der Waals surface area contributed by atoms with Crippen molar-refractivity contribution >= 4 is 5.69 Å². The zero-order valence-electron chi connectivity index (χ0n) is 11.2. The molecule has 0 heterocycles. The largest absolute Gasteiger partial charge is 0.506 e. The van der Waals surface area contributed by atoms with Crippen LogP contribution in [0.15, 0.2) is 18.2 Å². The van der Waals surface area contributed by atoms with E-state index in [1.54, 1.807) is 6.07 Å². The van der Waals surface area contributed by atoms with Gasteiger partial charge in [-0.15, -0.1) is 0 Å². The van der Waals surface area contributed by atoms with Gasteiger partial charge in [0.1, 0.15) is 5.75 Å². The number of phenols is 1. The number of hydrogen-bond donors (Lipinski definition) is 2. The highest BCUT2D eigenvalue weighted by molar-refractivity contribution is 5.53. The van der Waals surface area contributed by atoms with Crippen LogP contribution >= 0.6 is 0 Å². The molecule has 1 aromatic rings. The van der Waals surface area contributed by atoms with E-state index in [1.807, 2.05) is 12.1 Å². The Bertz CT molecular complexity index is 386. The summed E-state index contributed by atoms with van der Waals surface area (Å²) >= 11 is 0. The van der Waals surface area contributed by atoms with Crippen molar-refractivity contribution in [3.8, 4) is 5.75 Å². The van der Waals surface area contributed by atoms with Crippen molar-refractivity contribution in [2.45, 2.75) is 51.6 Å². The first-order valence-electron chi connectivity index (χ1n) is 7.02. The molecule has 1 fully saturated rings. The maximum atomic E-state index is 9.45. The number of nitrogens with zero attached hydrogens (tertiary/aromatic N) is 1. The quantitative estimate of drug-likeness (QED) is 0.636. The predicted molar refractivity (Wildman–Crippen MR) is 75.5 cm³/mol. The molecular formula is C15H24N2O. The van der Waals surface area contributed by atoms with E-state index in [9.17, 15) is 5.11 Å². The van der Waals surface area contributed by atoms with Crippen molar-refractivity contribution in [3.63, 3.8) is 0 Å². The van der Waals surface area contributed by atoms with Crippen LogP contribution in [0, 0.1) is 0 Å². The fraction of sp³-hybridized carbons (Fsp3) is 0.600. The third-order valence-electron chi connectivity index (χ3n) is 3.97. The molecule has 3 heteroatoms. The second kappa shape index (κ2) is 6.10. The number of phenolic OH excluding ortho intramolecular Hbond substituents is 1. The lowest BCUT2D eigenvalue weighted by atomic mass is 9.94. The molecule has 3 N–H and O–H groups in total. The number of hydrogen-bond acceptors (Lipinski definition) is 3. The average Bonchev–Trinajstić information content (AvgIpc) is 2.41. The van der Waals surface area contributed by atoms with Crippen LogP contribution in [0.3, 0.4) is 0 Å². The van der Waals surface area contributed by atoms with E-state index in [2.05, 4.69) is 11.8 Å². The third-order valence-corrected chi connectivity index (χ3v) is 3.97. The van der Waals surface area contributed by atoms with Gasteiger partial charge in [0.05, 0.1) is 5.69 Å². The maximum absolute atomic E-state index is 9.45. The molecule has 1 aromatic carbocycles. The molecule has 1 aliphatic carbocycles. The molecule has 0 bridgehead atoms. The second-order valence-electron chi connectivity index (χ2n) is 5.25. The van der Waals surface area contributed by atoms with Gasteiger partial charge in [-0.25, -0.2) is 0 Å². The van der Waals surface area contributed by atoms with Crippen molar-refractivity contribution in [1.29, 1.82) is 0 Å². The highest BCUT2D eigenvalue weighted by Crippen LogP contribution is 2.26. The molecule has 1 saturated carbocycles. The fourth-order valence-corrected chi connectivity index (χ4v) is 2.88. The summed E-state index contributed by atoms with van der Waals surface area (Å²) in [7, 11) is 0. The molecule has 0 aromatic heterocycles. The van der Waals surface area contributed by atoms with Crippen molar-refractivity contribution in [3.05, 3.63) is 23.8 Å². The molecule has 0 saturated heterocycles. The van der Waals surface area contributed by atoms with Crippen molar-refractivity contribution < 1.29 is 5.11 Å². The average molecular weight is 248 g/mol. The number of anilines is 1. The molecule has 18 heavy (non-hydrogen) atoms. The minimum Gasteiger partial charge on any atom is -0.506 e. The highest BCUT2D eigenvalue weighted by Gasteiger charge is 2.19. The van der Waals surface area contributed by atoms with Gasteiger partial charge in [0.15, 0.2) is 0 Å². The molecule has 0 spiro atoms. The Morgan fingerprint density at radius 1 is 1.28 bits per heavy atom. The van der Waals surface area contributed by atoms with Gasteiger partial charge >= 0.3 is 0 Å². The molecule has 0 aliphatic heterocycles. The van der Waals surface area contributed by atoms with Crippen LogP contribution in [-0.4, -0.2) is 22.6 Å². The van der Waals surface area contributed by atoms with E-state index in [1.165, 1.54) is 37.7 Å². The molecule has 100 valence electrons. The summed E-state index contributed by atoms with van der Waals surface area (Å²) in [5.41, 5.74) is 7.42. The SMILES string of the molecule is CCN(Cc1ccc(O)c(N)c1)C1CCCCC1. The van der Waals surface area contributed by atoms with E-state index < -0.39 is 0 Å². The minimum atomic E-state index is 0.180. The number of nitrogen functional groups attached to an aromatic ring is 1. The molecule has 0 unspecified atom stereocenters. The fourth-order valence-electron chi connectivity index (χ4n) is 2.88. The first-order valence-corrected chi connectivity index (χ1v) is 7.02. The summed E-state index contributed by atoms with van der Waals surface area (Å²) in [5.74, 6) is 0.180. The van der Waals surface area contributed by atoms with Crippen LogP contribution in [0.2, 0.25) is 0 Å². The smallest absolute Gasteiger partial charge is 0.138 e. The van der Waals surface area contributed by atoms with E-state index in [-0.39, 0.29) is 5.75 Å². The van der Waals surface area contributed by atoms with Crippen LogP contribution in [0.25, 0.3) is 0 Å². The van der Waals surface area contributed by atoms with Gasteiger partial charge in [0.25, 0.3) is 0 Å².